The van der Waals surface area contributed by atoms with Crippen molar-refractivity contribution >= 4 is 5.97 Å². The zero-order valence-corrected chi connectivity index (χ0v) is 8.89. The minimum absolute atomic E-state index is 0.0719. The van der Waals surface area contributed by atoms with Crippen molar-refractivity contribution in [2.45, 2.75) is 13.8 Å². The standard InChI is InChI=1S/C11H10N2O3/c1-6-3-4-8(12-5-6)10-13-9(11(14)15)7(2)16-10/h3-5H,1-2H3,(H,14,15). The fourth-order valence-corrected chi connectivity index (χ4v) is 1.30. The van der Waals surface area contributed by atoms with E-state index in [0.717, 1.165) is 5.56 Å². The molecule has 0 amide bonds. The quantitative estimate of drug-likeness (QED) is 0.834. The Morgan fingerprint density at radius 1 is 1.38 bits per heavy atom. The monoisotopic (exact) mass is 218 g/mol. The maximum absolute atomic E-state index is 10.8. The summed E-state index contributed by atoms with van der Waals surface area (Å²) in [5.41, 5.74) is 1.48. The van der Waals surface area contributed by atoms with Gasteiger partial charge in [-0.1, -0.05) is 6.07 Å². The molecule has 0 saturated heterocycles. The van der Waals surface area contributed by atoms with E-state index >= 15 is 0 Å². The van der Waals surface area contributed by atoms with Crippen LogP contribution in [-0.4, -0.2) is 21.0 Å². The molecule has 0 atom stereocenters. The molecule has 0 aromatic carbocycles. The van der Waals surface area contributed by atoms with Gasteiger partial charge in [0.05, 0.1) is 0 Å². The Labute approximate surface area is 91.8 Å². The van der Waals surface area contributed by atoms with Crippen molar-refractivity contribution in [1.82, 2.24) is 9.97 Å². The van der Waals surface area contributed by atoms with E-state index in [2.05, 4.69) is 9.97 Å². The maximum Gasteiger partial charge on any atom is 0.358 e. The number of carbonyl (C=O) groups is 1. The average molecular weight is 218 g/mol. The summed E-state index contributed by atoms with van der Waals surface area (Å²) in [7, 11) is 0. The molecule has 0 fully saturated rings. The summed E-state index contributed by atoms with van der Waals surface area (Å²) >= 11 is 0. The molecule has 0 bridgehead atoms. The first-order valence-electron chi connectivity index (χ1n) is 4.71. The lowest BCUT2D eigenvalue weighted by atomic mass is 10.3. The van der Waals surface area contributed by atoms with Crippen molar-refractivity contribution in [3.8, 4) is 11.6 Å². The Balaban J connectivity index is 2.45. The lowest BCUT2D eigenvalue weighted by Crippen LogP contribution is -1.98. The topological polar surface area (TPSA) is 76.2 Å². The van der Waals surface area contributed by atoms with Crippen molar-refractivity contribution < 1.29 is 14.3 Å². The van der Waals surface area contributed by atoms with Crippen LogP contribution in [0.5, 0.6) is 0 Å². The molecule has 2 aromatic rings. The van der Waals surface area contributed by atoms with Gasteiger partial charge in [0.25, 0.3) is 0 Å². The molecular formula is C11H10N2O3. The second-order valence-corrected chi connectivity index (χ2v) is 3.45. The second kappa shape index (κ2) is 3.77. The minimum Gasteiger partial charge on any atom is -0.476 e. The van der Waals surface area contributed by atoms with Crippen LogP contribution in [0.4, 0.5) is 0 Å². The number of hydrogen-bond donors (Lipinski definition) is 1. The molecule has 0 unspecified atom stereocenters. The van der Waals surface area contributed by atoms with Gasteiger partial charge in [-0.25, -0.2) is 9.78 Å². The van der Waals surface area contributed by atoms with Gasteiger partial charge in [-0.15, -0.1) is 0 Å². The van der Waals surface area contributed by atoms with Crippen molar-refractivity contribution in [2.24, 2.45) is 0 Å². The molecule has 82 valence electrons. The SMILES string of the molecule is Cc1ccc(-c2nc(C(=O)O)c(C)o2)nc1. The summed E-state index contributed by atoms with van der Waals surface area (Å²) in [5, 5.41) is 8.83. The lowest BCUT2D eigenvalue weighted by Gasteiger charge is -1.94. The zero-order chi connectivity index (χ0) is 11.7. The van der Waals surface area contributed by atoms with Crippen molar-refractivity contribution in [3.63, 3.8) is 0 Å². The average Bonchev–Trinajstić information content (AvgIpc) is 2.61. The van der Waals surface area contributed by atoms with Crippen LogP contribution in [0, 0.1) is 13.8 Å². The highest BCUT2D eigenvalue weighted by Gasteiger charge is 2.17. The van der Waals surface area contributed by atoms with E-state index < -0.39 is 5.97 Å². The number of nitrogens with zero attached hydrogens (tertiary/aromatic N) is 2. The largest absolute Gasteiger partial charge is 0.476 e. The first-order valence-corrected chi connectivity index (χ1v) is 4.71. The van der Waals surface area contributed by atoms with Gasteiger partial charge in [-0.05, 0) is 25.5 Å². The van der Waals surface area contributed by atoms with Gasteiger partial charge < -0.3 is 9.52 Å². The van der Waals surface area contributed by atoms with Crippen LogP contribution in [0.25, 0.3) is 11.6 Å². The van der Waals surface area contributed by atoms with Gasteiger partial charge in [0.1, 0.15) is 11.5 Å². The summed E-state index contributed by atoms with van der Waals surface area (Å²) in [5.74, 6) is -0.584. The lowest BCUT2D eigenvalue weighted by molar-refractivity contribution is 0.0689. The number of pyridine rings is 1. The van der Waals surface area contributed by atoms with E-state index in [1.807, 2.05) is 13.0 Å². The molecule has 0 aliphatic carbocycles. The van der Waals surface area contributed by atoms with E-state index in [4.69, 9.17) is 9.52 Å². The summed E-state index contributed by atoms with van der Waals surface area (Å²) in [4.78, 5) is 18.8. The zero-order valence-electron chi connectivity index (χ0n) is 8.89. The van der Waals surface area contributed by atoms with Gasteiger partial charge in [0.15, 0.2) is 5.69 Å². The Kier molecular flexibility index (Phi) is 2.44. The van der Waals surface area contributed by atoms with E-state index in [0.29, 0.717) is 5.69 Å². The van der Waals surface area contributed by atoms with Crippen molar-refractivity contribution in [2.75, 3.05) is 0 Å². The predicted molar refractivity (Wildman–Crippen MR) is 56.2 cm³/mol. The first kappa shape index (κ1) is 10.4. The third kappa shape index (κ3) is 1.79. The number of hydrogen-bond acceptors (Lipinski definition) is 4. The molecular weight excluding hydrogens is 208 g/mol. The molecule has 2 rings (SSSR count). The smallest absolute Gasteiger partial charge is 0.358 e. The molecule has 0 spiro atoms. The summed E-state index contributed by atoms with van der Waals surface area (Å²) < 4.78 is 5.25. The third-order valence-electron chi connectivity index (χ3n) is 2.13. The Bertz CT molecular complexity index is 529. The fourth-order valence-electron chi connectivity index (χ4n) is 1.30. The highest BCUT2D eigenvalue weighted by Crippen LogP contribution is 2.19. The molecule has 0 radical (unpaired) electrons. The number of carboxylic acids is 1. The van der Waals surface area contributed by atoms with E-state index in [1.54, 1.807) is 19.2 Å². The normalized spacial score (nSPS) is 10.4. The molecule has 5 nitrogen and oxygen atoms in total. The number of carboxylic acid groups (broad SMARTS) is 1. The Hall–Kier alpha value is -2.17. The van der Waals surface area contributed by atoms with Crippen LogP contribution in [0.3, 0.4) is 0 Å². The first-order chi connectivity index (χ1) is 7.58. The molecule has 2 heterocycles. The molecule has 0 aliphatic rings. The van der Waals surface area contributed by atoms with Crippen molar-refractivity contribution in [3.05, 3.63) is 35.3 Å². The predicted octanol–water partition coefficient (Wildman–Crippen LogP) is 2.05. The summed E-state index contributed by atoms with van der Waals surface area (Å²) in [6, 6.07) is 3.61. The van der Waals surface area contributed by atoms with E-state index in [1.165, 1.54) is 0 Å². The molecule has 16 heavy (non-hydrogen) atoms. The van der Waals surface area contributed by atoms with Crippen LogP contribution < -0.4 is 0 Å². The number of aromatic carboxylic acids is 1. The second-order valence-electron chi connectivity index (χ2n) is 3.45. The third-order valence-corrected chi connectivity index (χ3v) is 2.13. The van der Waals surface area contributed by atoms with Gasteiger partial charge in [-0.2, -0.15) is 0 Å². The van der Waals surface area contributed by atoms with Crippen LogP contribution >= 0.6 is 0 Å². The molecule has 1 N–H and O–H groups in total. The van der Waals surface area contributed by atoms with E-state index in [9.17, 15) is 4.79 Å². The highest BCUT2D eigenvalue weighted by atomic mass is 16.4. The highest BCUT2D eigenvalue weighted by molar-refractivity contribution is 5.86. The molecule has 0 aliphatic heterocycles. The number of aromatic nitrogens is 2. The number of aryl methyl sites for hydroxylation is 2. The number of rotatable bonds is 2. The van der Waals surface area contributed by atoms with Gasteiger partial charge in [-0.3, -0.25) is 4.98 Å². The van der Waals surface area contributed by atoms with Crippen LogP contribution in [0.1, 0.15) is 21.8 Å². The Morgan fingerprint density at radius 2 is 2.12 bits per heavy atom. The maximum atomic E-state index is 10.8. The van der Waals surface area contributed by atoms with Gasteiger partial charge in [0, 0.05) is 6.20 Å². The van der Waals surface area contributed by atoms with Crippen LogP contribution in [0.15, 0.2) is 22.7 Å². The summed E-state index contributed by atoms with van der Waals surface area (Å²) in [6.07, 6.45) is 1.68. The van der Waals surface area contributed by atoms with Crippen LogP contribution in [-0.2, 0) is 0 Å². The molecule has 2 aromatic heterocycles. The molecule has 5 heteroatoms. The van der Waals surface area contributed by atoms with Crippen molar-refractivity contribution in [1.29, 1.82) is 0 Å². The van der Waals surface area contributed by atoms with Gasteiger partial charge >= 0.3 is 5.97 Å². The van der Waals surface area contributed by atoms with Gasteiger partial charge in [0.2, 0.25) is 5.89 Å². The fraction of sp³-hybridized carbons (Fsp3) is 0.182. The molecule has 0 saturated carbocycles. The number of oxazole rings is 1. The minimum atomic E-state index is -1.10. The van der Waals surface area contributed by atoms with E-state index in [-0.39, 0.29) is 17.3 Å². The summed E-state index contributed by atoms with van der Waals surface area (Å²) in [6.45, 7) is 3.48. The van der Waals surface area contributed by atoms with Crippen LogP contribution in [0.2, 0.25) is 0 Å². The Morgan fingerprint density at radius 3 is 2.62 bits per heavy atom.